The van der Waals surface area contributed by atoms with Gasteiger partial charge in [-0.15, -0.1) is 0 Å². The van der Waals surface area contributed by atoms with Crippen LogP contribution >= 0.6 is 0 Å². The zero-order valence-electron chi connectivity index (χ0n) is 14.8. The molecule has 3 heterocycles. The molecule has 0 bridgehead atoms. The number of ether oxygens (including phenoxy) is 1. The Morgan fingerprint density at radius 1 is 1.20 bits per heavy atom. The first-order valence-electron chi connectivity index (χ1n) is 9.34. The molecule has 5 heteroatoms. The van der Waals surface area contributed by atoms with Gasteiger partial charge in [0.1, 0.15) is 6.10 Å². The van der Waals surface area contributed by atoms with Crippen molar-refractivity contribution >= 4 is 11.8 Å². The summed E-state index contributed by atoms with van der Waals surface area (Å²) in [4.78, 5) is 29.0. The number of rotatable bonds is 2. The van der Waals surface area contributed by atoms with Gasteiger partial charge in [-0.1, -0.05) is 30.3 Å². The molecule has 2 amide bonds. The van der Waals surface area contributed by atoms with E-state index in [-0.39, 0.29) is 29.4 Å². The third kappa shape index (κ3) is 2.74. The zero-order chi connectivity index (χ0) is 17.4. The van der Waals surface area contributed by atoms with Gasteiger partial charge in [0.2, 0.25) is 5.91 Å². The molecule has 3 fully saturated rings. The number of piperidine rings is 1. The van der Waals surface area contributed by atoms with Crippen LogP contribution in [0.4, 0.5) is 0 Å². The molecule has 3 aliphatic rings. The summed E-state index contributed by atoms with van der Waals surface area (Å²) >= 11 is 0. The molecular weight excluding hydrogens is 316 g/mol. The number of likely N-dealkylation sites (N-methyl/N-ethyl adjacent to an activating group) is 1. The molecule has 1 unspecified atom stereocenters. The summed E-state index contributed by atoms with van der Waals surface area (Å²) < 4.78 is 5.56. The SMILES string of the molecule is CN1C(=O)CC(c2ccccc2)C12CCN(C(=O)[C@@H]1CCCO1)CC2. The molecule has 3 aliphatic heterocycles. The van der Waals surface area contributed by atoms with Crippen LogP contribution in [-0.2, 0) is 14.3 Å². The van der Waals surface area contributed by atoms with Crippen LogP contribution in [0.5, 0.6) is 0 Å². The molecule has 1 aromatic rings. The van der Waals surface area contributed by atoms with E-state index in [4.69, 9.17) is 4.74 Å². The van der Waals surface area contributed by atoms with Crippen LogP contribution in [0, 0.1) is 0 Å². The van der Waals surface area contributed by atoms with Gasteiger partial charge in [0.05, 0.1) is 5.54 Å². The first-order chi connectivity index (χ1) is 12.1. The van der Waals surface area contributed by atoms with Crippen LogP contribution in [0.25, 0.3) is 0 Å². The van der Waals surface area contributed by atoms with Crippen LogP contribution in [0.1, 0.15) is 43.6 Å². The van der Waals surface area contributed by atoms with E-state index in [2.05, 4.69) is 12.1 Å². The van der Waals surface area contributed by atoms with Crippen molar-refractivity contribution in [3.8, 4) is 0 Å². The van der Waals surface area contributed by atoms with Crippen molar-refractivity contribution in [1.82, 2.24) is 9.80 Å². The maximum atomic E-state index is 12.6. The van der Waals surface area contributed by atoms with E-state index in [0.717, 1.165) is 25.7 Å². The van der Waals surface area contributed by atoms with Gasteiger partial charge < -0.3 is 14.5 Å². The van der Waals surface area contributed by atoms with E-state index in [0.29, 0.717) is 26.1 Å². The predicted molar refractivity (Wildman–Crippen MR) is 94.1 cm³/mol. The standard InChI is InChI=1S/C20H26N2O3/c1-21-18(23)14-16(15-6-3-2-4-7-15)20(21)9-11-22(12-10-20)19(24)17-8-5-13-25-17/h2-4,6-7,16-17H,5,8-14H2,1H3/t16?,17-/m0/s1. The number of nitrogens with zero attached hydrogens (tertiary/aromatic N) is 2. The lowest BCUT2D eigenvalue weighted by Crippen LogP contribution is -2.56. The second-order valence-corrected chi connectivity index (χ2v) is 7.55. The third-order valence-electron chi connectivity index (χ3n) is 6.42. The van der Waals surface area contributed by atoms with Crippen molar-refractivity contribution < 1.29 is 14.3 Å². The lowest BCUT2D eigenvalue weighted by atomic mass is 9.73. The Balaban J connectivity index is 1.52. The van der Waals surface area contributed by atoms with E-state index in [9.17, 15) is 9.59 Å². The highest BCUT2D eigenvalue weighted by Crippen LogP contribution is 2.48. The zero-order valence-corrected chi connectivity index (χ0v) is 14.8. The van der Waals surface area contributed by atoms with E-state index < -0.39 is 0 Å². The number of benzene rings is 1. The van der Waals surface area contributed by atoms with Crippen LogP contribution < -0.4 is 0 Å². The minimum atomic E-state index is -0.248. The predicted octanol–water partition coefficient (Wildman–Crippen LogP) is 2.17. The first-order valence-corrected chi connectivity index (χ1v) is 9.34. The smallest absolute Gasteiger partial charge is 0.251 e. The van der Waals surface area contributed by atoms with Crippen molar-refractivity contribution in [2.24, 2.45) is 0 Å². The Morgan fingerprint density at radius 2 is 1.92 bits per heavy atom. The van der Waals surface area contributed by atoms with Crippen LogP contribution in [-0.4, -0.2) is 60.0 Å². The molecule has 4 rings (SSSR count). The van der Waals surface area contributed by atoms with Crippen LogP contribution in [0.2, 0.25) is 0 Å². The van der Waals surface area contributed by atoms with Crippen molar-refractivity contribution in [3.63, 3.8) is 0 Å². The van der Waals surface area contributed by atoms with Gasteiger partial charge in [-0.05, 0) is 31.2 Å². The molecule has 0 aromatic heterocycles. The summed E-state index contributed by atoms with van der Waals surface area (Å²) in [5, 5.41) is 0. The van der Waals surface area contributed by atoms with Gasteiger partial charge in [-0.3, -0.25) is 9.59 Å². The first kappa shape index (κ1) is 16.6. The fraction of sp³-hybridized carbons (Fsp3) is 0.600. The number of hydrogen-bond acceptors (Lipinski definition) is 3. The fourth-order valence-corrected chi connectivity index (χ4v) is 4.87. The van der Waals surface area contributed by atoms with Crippen LogP contribution in [0.3, 0.4) is 0 Å². The molecule has 2 atom stereocenters. The van der Waals surface area contributed by atoms with Gasteiger partial charge in [0.25, 0.3) is 5.91 Å². The number of carbonyl (C=O) groups is 2. The molecule has 0 saturated carbocycles. The van der Waals surface area contributed by atoms with Gasteiger partial charge in [-0.25, -0.2) is 0 Å². The summed E-state index contributed by atoms with van der Waals surface area (Å²) in [5.74, 6) is 0.564. The Morgan fingerprint density at radius 3 is 2.56 bits per heavy atom. The monoisotopic (exact) mass is 342 g/mol. The highest BCUT2D eigenvalue weighted by molar-refractivity contribution is 5.83. The summed E-state index contributed by atoms with van der Waals surface area (Å²) in [5.41, 5.74) is 1.07. The molecule has 1 spiro atoms. The average Bonchev–Trinajstić information content (AvgIpc) is 3.27. The Kier molecular flexibility index (Phi) is 4.28. The van der Waals surface area contributed by atoms with Crippen molar-refractivity contribution in [2.45, 2.75) is 49.7 Å². The van der Waals surface area contributed by atoms with Gasteiger partial charge in [0.15, 0.2) is 0 Å². The average molecular weight is 342 g/mol. The van der Waals surface area contributed by atoms with E-state index >= 15 is 0 Å². The number of amides is 2. The van der Waals surface area contributed by atoms with Crippen molar-refractivity contribution in [3.05, 3.63) is 35.9 Å². The highest BCUT2D eigenvalue weighted by atomic mass is 16.5. The van der Waals surface area contributed by atoms with E-state index in [1.165, 1.54) is 5.56 Å². The molecule has 25 heavy (non-hydrogen) atoms. The van der Waals surface area contributed by atoms with Crippen molar-refractivity contribution in [1.29, 1.82) is 0 Å². The maximum absolute atomic E-state index is 12.6. The van der Waals surface area contributed by atoms with Crippen molar-refractivity contribution in [2.75, 3.05) is 26.7 Å². The van der Waals surface area contributed by atoms with Gasteiger partial charge in [-0.2, -0.15) is 0 Å². The molecular formula is C20H26N2O3. The van der Waals surface area contributed by atoms with E-state index in [1.807, 2.05) is 35.0 Å². The molecule has 0 radical (unpaired) electrons. The molecule has 3 saturated heterocycles. The number of hydrogen-bond donors (Lipinski definition) is 0. The minimum absolute atomic E-state index is 0.135. The lowest BCUT2D eigenvalue weighted by molar-refractivity contribution is -0.144. The quantitative estimate of drug-likeness (QED) is 0.828. The fourth-order valence-electron chi connectivity index (χ4n) is 4.87. The topological polar surface area (TPSA) is 49.9 Å². The summed E-state index contributed by atoms with van der Waals surface area (Å²) in [6.07, 6.45) is 3.81. The Hall–Kier alpha value is -1.88. The third-order valence-corrected chi connectivity index (χ3v) is 6.42. The normalized spacial score (nSPS) is 28.8. The van der Waals surface area contributed by atoms with Gasteiger partial charge in [0, 0.05) is 39.1 Å². The van der Waals surface area contributed by atoms with Gasteiger partial charge >= 0.3 is 0 Å². The Labute approximate surface area is 148 Å². The minimum Gasteiger partial charge on any atom is -0.368 e. The van der Waals surface area contributed by atoms with E-state index in [1.54, 1.807) is 0 Å². The largest absolute Gasteiger partial charge is 0.368 e. The lowest BCUT2D eigenvalue weighted by Gasteiger charge is -2.47. The maximum Gasteiger partial charge on any atom is 0.251 e. The molecule has 5 nitrogen and oxygen atoms in total. The number of likely N-dealkylation sites (tertiary alicyclic amines) is 2. The highest BCUT2D eigenvalue weighted by Gasteiger charge is 2.53. The second-order valence-electron chi connectivity index (χ2n) is 7.55. The molecule has 0 N–H and O–H groups in total. The Bertz CT molecular complexity index is 646. The molecule has 1 aromatic carbocycles. The second kappa shape index (κ2) is 6.45. The number of carbonyl (C=O) groups excluding carboxylic acids is 2. The molecule has 134 valence electrons. The van der Waals surface area contributed by atoms with Crippen LogP contribution in [0.15, 0.2) is 30.3 Å². The summed E-state index contributed by atoms with van der Waals surface area (Å²) in [6, 6.07) is 10.4. The summed E-state index contributed by atoms with van der Waals surface area (Å²) in [6.45, 7) is 2.11. The molecule has 0 aliphatic carbocycles. The summed E-state index contributed by atoms with van der Waals surface area (Å²) in [7, 11) is 1.93.